The number of benzene rings is 2. The molecule has 0 aliphatic carbocycles. The van der Waals surface area contributed by atoms with Crippen LogP contribution in [-0.2, 0) is 7.05 Å². The quantitative estimate of drug-likeness (QED) is 0.436. The molecule has 0 amide bonds. The number of hydrogen-bond acceptors (Lipinski definition) is 6. The van der Waals surface area contributed by atoms with Crippen molar-refractivity contribution in [3.63, 3.8) is 0 Å². The molecule has 150 valence electrons. The van der Waals surface area contributed by atoms with Crippen molar-refractivity contribution < 1.29 is 18.3 Å². The monoisotopic (exact) mass is 408 g/mol. The highest BCUT2D eigenvalue weighted by molar-refractivity contribution is 5.80. The zero-order valence-electron chi connectivity index (χ0n) is 15.6. The van der Waals surface area contributed by atoms with Crippen LogP contribution in [0.4, 0.5) is 8.78 Å². The summed E-state index contributed by atoms with van der Waals surface area (Å²) in [4.78, 5) is 4.16. The van der Waals surface area contributed by atoms with Crippen molar-refractivity contribution in [1.82, 2.24) is 29.4 Å². The Labute approximate surface area is 168 Å². The van der Waals surface area contributed by atoms with Gasteiger partial charge < -0.3 is 9.47 Å². The minimum absolute atomic E-state index is 0.0604. The highest BCUT2D eigenvalue weighted by Gasteiger charge is 2.15. The van der Waals surface area contributed by atoms with Gasteiger partial charge in [-0.3, -0.25) is 9.67 Å². The second kappa shape index (κ2) is 7.07. The van der Waals surface area contributed by atoms with Crippen molar-refractivity contribution in [2.45, 2.75) is 6.61 Å². The van der Waals surface area contributed by atoms with Gasteiger partial charge in [-0.05, 0) is 36.4 Å². The van der Waals surface area contributed by atoms with Gasteiger partial charge in [-0.15, -0.1) is 10.2 Å². The van der Waals surface area contributed by atoms with Crippen LogP contribution >= 0.6 is 0 Å². The van der Waals surface area contributed by atoms with Gasteiger partial charge in [0.15, 0.2) is 11.5 Å². The zero-order chi connectivity index (χ0) is 20.7. The molecule has 3 heterocycles. The molecule has 0 saturated heterocycles. The molecule has 8 nitrogen and oxygen atoms in total. The van der Waals surface area contributed by atoms with Gasteiger partial charge in [-0.25, -0.2) is 4.40 Å². The molecule has 30 heavy (non-hydrogen) atoms. The number of alkyl halides is 2. The number of nitrogens with zero attached hydrogens (tertiary/aromatic N) is 6. The topological polar surface area (TPSA) is 79.4 Å². The minimum atomic E-state index is -2.88. The average Bonchev–Trinajstić information content (AvgIpc) is 3.33. The average molecular weight is 408 g/mol. The van der Waals surface area contributed by atoms with Gasteiger partial charge in [-0.1, -0.05) is 0 Å². The highest BCUT2D eigenvalue weighted by Crippen LogP contribution is 2.29. The number of rotatable bonds is 5. The third-order valence-corrected chi connectivity index (χ3v) is 4.56. The van der Waals surface area contributed by atoms with Crippen LogP contribution in [0, 0.1) is 0 Å². The van der Waals surface area contributed by atoms with Crippen LogP contribution < -0.4 is 9.47 Å². The van der Waals surface area contributed by atoms with Crippen molar-refractivity contribution in [3.8, 4) is 28.8 Å². The van der Waals surface area contributed by atoms with Crippen molar-refractivity contribution >= 4 is 16.6 Å². The second-order valence-corrected chi connectivity index (χ2v) is 6.46. The third-order valence-electron chi connectivity index (χ3n) is 4.56. The Balaban J connectivity index is 1.54. The van der Waals surface area contributed by atoms with E-state index in [0.29, 0.717) is 28.7 Å². The number of fused-ring (bicyclic) bond motifs is 2. The molecule has 10 heteroatoms. The van der Waals surface area contributed by atoms with Gasteiger partial charge in [0, 0.05) is 24.1 Å². The van der Waals surface area contributed by atoms with Gasteiger partial charge in [0.2, 0.25) is 5.88 Å². The normalized spacial score (nSPS) is 11.5. The van der Waals surface area contributed by atoms with E-state index in [1.54, 1.807) is 39.8 Å². The molecule has 5 aromatic rings. The lowest BCUT2D eigenvalue weighted by Crippen LogP contribution is -2.01. The standard InChI is InChI=1S/C20H14F2N6O2/c1-27-16-8-15(7-4-13(16)9-24-27)29-18-11-23-10-17-25-26-19(28(17)18)12-2-5-14(6-3-12)30-20(21)22/h2-11,20H,1H3. The number of hydrogen-bond donors (Lipinski definition) is 0. The first-order valence-corrected chi connectivity index (χ1v) is 8.92. The van der Waals surface area contributed by atoms with E-state index in [0.717, 1.165) is 10.9 Å². The molecule has 0 saturated carbocycles. The summed E-state index contributed by atoms with van der Waals surface area (Å²) in [5.41, 5.74) is 2.06. The maximum atomic E-state index is 12.4. The molecule has 0 unspecified atom stereocenters. The summed E-state index contributed by atoms with van der Waals surface area (Å²) in [5.74, 6) is 1.54. The summed E-state index contributed by atoms with van der Waals surface area (Å²) in [6.07, 6.45) is 4.89. The van der Waals surface area contributed by atoms with Crippen LogP contribution in [0.2, 0.25) is 0 Å². The minimum Gasteiger partial charge on any atom is -0.439 e. The summed E-state index contributed by atoms with van der Waals surface area (Å²) < 4.78 is 38.7. The van der Waals surface area contributed by atoms with Gasteiger partial charge in [-0.2, -0.15) is 13.9 Å². The first kappa shape index (κ1) is 18.0. The fraction of sp³-hybridized carbons (Fsp3) is 0.100. The van der Waals surface area contributed by atoms with Crippen molar-refractivity contribution in [2.75, 3.05) is 0 Å². The molecule has 0 spiro atoms. The summed E-state index contributed by atoms with van der Waals surface area (Å²) in [7, 11) is 1.85. The summed E-state index contributed by atoms with van der Waals surface area (Å²) in [6, 6.07) is 11.8. The number of aryl methyl sites for hydroxylation is 1. The van der Waals surface area contributed by atoms with Gasteiger partial charge in [0.05, 0.1) is 24.1 Å². The van der Waals surface area contributed by atoms with Crippen molar-refractivity contribution in [3.05, 3.63) is 61.1 Å². The molecule has 2 aromatic carbocycles. The van der Waals surface area contributed by atoms with E-state index in [9.17, 15) is 8.78 Å². The Hall–Kier alpha value is -4.08. The maximum Gasteiger partial charge on any atom is 0.387 e. The molecule has 0 N–H and O–H groups in total. The first-order chi connectivity index (χ1) is 14.6. The molecule has 0 bridgehead atoms. The maximum absolute atomic E-state index is 12.4. The molecule has 3 aromatic heterocycles. The molecular weight excluding hydrogens is 394 g/mol. The Morgan fingerprint density at radius 3 is 2.53 bits per heavy atom. The lowest BCUT2D eigenvalue weighted by Gasteiger charge is -2.10. The predicted molar refractivity (Wildman–Crippen MR) is 104 cm³/mol. The first-order valence-electron chi connectivity index (χ1n) is 8.92. The Morgan fingerprint density at radius 1 is 0.933 bits per heavy atom. The van der Waals surface area contributed by atoms with Crippen LogP contribution in [0.1, 0.15) is 0 Å². The van der Waals surface area contributed by atoms with Crippen molar-refractivity contribution in [2.24, 2.45) is 7.05 Å². The molecule has 5 rings (SSSR count). The fourth-order valence-corrected chi connectivity index (χ4v) is 3.18. The van der Waals surface area contributed by atoms with Gasteiger partial charge >= 0.3 is 6.61 Å². The summed E-state index contributed by atoms with van der Waals surface area (Å²) >= 11 is 0. The summed E-state index contributed by atoms with van der Waals surface area (Å²) in [5, 5.41) is 13.6. The lowest BCUT2D eigenvalue weighted by atomic mass is 10.2. The van der Waals surface area contributed by atoms with Crippen LogP contribution in [0.5, 0.6) is 17.4 Å². The highest BCUT2D eigenvalue weighted by atomic mass is 19.3. The molecule has 0 radical (unpaired) electrons. The number of halogens is 2. The van der Waals surface area contributed by atoms with E-state index in [1.807, 2.05) is 25.2 Å². The van der Waals surface area contributed by atoms with E-state index in [1.165, 1.54) is 12.1 Å². The third kappa shape index (κ3) is 3.17. The molecule has 0 atom stereocenters. The Kier molecular flexibility index (Phi) is 4.24. The van der Waals surface area contributed by atoms with Crippen LogP contribution in [0.15, 0.2) is 61.1 Å². The fourth-order valence-electron chi connectivity index (χ4n) is 3.18. The molecule has 0 fully saturated rings. The number of ether oxygens (including phenoxy) is 2. The largest absolute Gasteiger partial charge is 0.439 e. The van der Waals surface area contributed by atoms with E-state index in [4.69, 9.17) is 4.74 Å². The van der Waals surface area contributed by atoms with Crippen LogP contribution in [0.25, 0.3) is 27.9 Å². The smallest absolute Gasteiger partial charge is 0.387 e. The molecule has 0 aliphatic heterocycles. The van der Waals surface area contributed by atoms with E-state index < -0.39 is 6.61 Å². The number of aromatic nitrogens is 6. The van der Waals surface area contributed by atoms with Gasteiger partial charge in [0.25, 0.3) is 0 Å². The molecular formula is C20H14F2N6O2. The van der Waals surface area contributed by atoms with E-state index in [2.05, 4.69) is 25.0 Å². The Morgan fingerprint density at radius 2 is 1.73 bits per heavy atom. The second-order valence-electron chi connectivity index (χ2n) is 6.46. The van der Waals surface area contributed by atoms with Crippen LogP contribution in [0.3, 0.4) is 0 Å². The summed E-state index contributed by atoms with van der Waals surface area (Å²) in [6.45, 7) is -2.88. The van der Waals surface area contributed by atoms with Gasteiger partial charge in [0.1, 0.15) is 11.5 Å². The van der Waals surface area contributed by atoms with E-state index >= 15 is 0 Å². The lowest BCUT2D eigenvalue weighted by molar-refractivity contribution is -0.0498. The van der Waals surface area contributed by atoms with Crippen molar-refractivity contribution in [1.29, 1.82) is 0 Å². The zero-order valence-corrected chi connectivity index (χ0v) is 15.6. The SMILES string of the molecule is Cn1ncc2ccc(Oc3cncc4nnc(-c5ccc(OC(F)F)cc5)n34)cc21. The Bertz CT molecular complexity index is 1350. The predicted octanol–water partition coefficient (Wildman–Crippen LogP) is 4.07. The molecule has 0 aliphatic rings. The van der Waals surface area contributed by atoms with Crippen LogP contribution in [-0.4, -0.2) is 36.0 Å². The van der Waals surface area contributed by atoms with E-state index in [-0.39, 0.29) is 5.75 Å².